The highest BCUT2D eigenvalue weighted by molar-refractivity contribution is 7.92. The number of rotatable bonds is 7. The van der Waals surface area contributed by atoms with Gasteiger partial charge in [-0.3, -0.25) is 9.21 Å². The lowest BCUT2D eigenvalue weighted by atomic mass is 10.1. The van der Waals surface area contributed by atoms with E-state index in [2.05, 4.69) is 33.0 Å². The molecule has 0 amide bonds. The Morgan fingerprint density at radius 1 is 1.00 bits per heavy atom. The van der Waals surface area contributed by atoms with Gasteiger partial charge in [0.25, 0.3) is 10.0 Å². The first kappa shape index (κ1) is 22.7. The smallest absolute Gasteiger partial charge is 0.265 e. The van der Waals surface area contributed by atoms with Crippen molar-refractivity contribution in [2.45, 2.75) is 24.8 Å². The second kappa shape index (κ2) is 9.64. The van der Waals surface area contributed by atoms with E-state index in [-0.39, 0.29) is 4.90 Å². The molecule has 2 aliphatic heterocycles. The van der Waals surface area contributed by atoms with Crippen molar-refractivity contribution in [2.75, 3.05) is 48.5 Å². The van der Waals surface area contributed by atoms with Crippen LogP contribution in [0.1, 0.15) is 18.1 Å². The summed E-state index contributed by atoms with van der Waals surface area (Å²) < 4.78 is 33.4. The fraction of sp³-hybridized carbons (Fsp3) is 0.346. The highest BCUT2D eigenvalue weighted by Gasteiger charge is 2.25. The van der Waals surface area contributed by atoms with Crippen LogP contribution >= 0.6 is 0 Å². The maximum Gasteiger partial charge on any atom is 0.265 e. The Morgan fingerprint density at radius 3 is 2.50 bits per heavy atom. The van der Waals surface area contributed by atoms with E-state index < -0.39 is 10.0 Å². The van der Waals surface area contributed by atoms with E-state index in [1.807, 2.05) is 31.2 Å². The molecule has 1 fully saturated rings. The normalized spacial score (nSPS) is 16.2. The lowest BCUT2D eigenvalue weighted by Crippen LogP contribution is -2.46. The van der Waals surface area contributed by atoms with Crippen LogP contribution in [0.4, 0.5) is 11.5 Å². The molecule has 0 atom stereocenters. The largest absolute Gasteiger partial charge is 0.493 e. The molecular formula is C26H30N4O3S. The third-order valence-electron chi connectivity index (χ3n) is 6.50. The van der Waals surface area contributed by atoms with Crippen molar-refractivity contribution in [3.63, 3.8) is 0 Å². The number of pyridine rings is 1. The molecule has 0 N–H and O–H groups in total. The van der Waals surface area contributed by atoms with Crippen LogP contribution in [0.2, 0.25) is 0 Å². The Morgan fingerprint density at radius 2 is 1.79 bits per heavy atom. The SMILES string of the molecule is CCN(c1ccccc1)S(=O)(=O)c1ccc(N2CCN(Cc3ccc4c(c3)CCO4)CC2)nc1. The number of nitrogens with zero attached hydrogens (tertiary/aromatic N) is 4. The van der Waals surface area contributed by atoms with E-state index in [1.165, 1.54) is 21.6 Å². The number of hydrogen-bond acceptors (Lipinski definition) is 6. The lowest BCUT2D eigenvalue weighted by Gasteiger charge is -2.35. The van der Waals surface area contributed by atoms with Crippen molar-refractivity contribution >= 4 is 21.5 Å². The average molecular weight is 479 g/mol. The number of sulfonamides is 1. The second-order valence-corrected chi connectivity index (χ2v) is 10.5. The van der Waals surface area contributed by atoms with E-state index in [0.29, 0.717) is 12.2 Å². The summed E-state index contributed by atoms with van der Waals surface area (Å²) in [6, 6.07) is 19.2. The van der Waals surface area contributed by atoms with Crippen LogP contribution in [-0.2, 0) is 23.0 Å². The molecule has 8 heteroatoms. The molecule has 0 unspecified atom stereocenters. The van der Waals surface area contributed by atoms with Crippen molar-refractivity contribution in [1.29, 1.82) is 0 Å². The van der Waals surface area contributed by atoms with Crippen LogP contribution in [0.15, 0.2) is 71.8 Å². The standard InChI is InChI=1S/C26H30N4O3S/c1-2-30(23-6-4-3-5-7-23)34(31,32)24-9-11-26(27-19-24)29-15-13-28(14-16-29)20-21-8-10-25-22(18-21)12-17-33-25/h3-11,18-19H,2,12-17,20H2,1H3. The molecule has 34 heavy (non-hydrogen) atoms. The van der Waals surface area contributed by atoms with Crippen LogP contribution in [0, 0.1) is 0 Å². The molecule has 7 nitrogen and oxygen atoms in total. The Labute approximate surface area is 201 Å². The van der Waals surface area contributed by atoms with E-state index >= 15 is 0 Å². The first-order valence-corrected chi connectivity index (χ1v) is 13.2. The van der Waals surface area contributed by atoms with E-state index in [9.17, 15) is 8.42 Å². The van der Waals surface area contributed by atoms with Crippen LogP contribution in [0.5, 0.6) is 5.75 Å². The summed E-state index contributed by atoms with van der Waals surface area (Å²) in [6.07, 6.45) is 2.48. The highest BCUT2D eigenvalue weighted by atomic mass is 32.2. The van der Waals surface area contributed by atoms with Gasteiger partial charge in [0.1, 0.15) is 16.5 Å². The molecule has 1 saturated heterocycles. The summed E-state index contributed by atoms with van der Waals surface area (Å²) in [6.45, 7) is 7.50. The summed E-state index contributed by atoms with van der Waals surface area (Å²) in [7, 11) is -3.66. The number of ether oxygens (including phenoxy) is 1. The van der Waals surface area contributed by atoms with Gasteiger partial charge in [-0.05, 0) is 48.4 Å². The molecular weight excluding hydrogens is 448 g/mol. The molecule has 1 aromatic heterocycles. The molecule has 3 heterocycles. The molecule has 2 aromatic carbocycles. The Bertz CT molecular complexity index is 1220. The molecule has 178 valence electrons. The molecule has 0 aliphatic carbocycles. The fourth-order valence-corrected chi connectivity index (χ4v) is 6.08. The van der Waals surface area contributed by atoms with Gasteiger partial charge in [0.15, 0.2) is 0 Å². The molecule has 5 rings (SSSR count). The lowest BCUT2D eigenvalue weighted by molar-refractivity contribution is 0.249. The molecule has 0 saturated carbocycles. The maximum absolute atomic E-state index is 13.2. The van der Waals surface area contributed by atoms with Gasteiger partial charge in [0, 0.05) is 51.9 Å². The average Bonchev–Trinajstić information content (AvgIpc) is 3.34. The van der Waals surface area contributed by atoms with Crippen LogP contribution in [-0.4, -0.2) is 57.6 Å². The van der Waals surface area contributed by atoms with Gasteiger partial charge in [-0.1, -0.05) is 30.3 Å². The summed E-state index contributed by atoms with van der Waals surface area (Å²) in [5, 5.41) is 0. The van der Waals surface area contributed by atoms with Gasteiger partial charge in [-0.15, -0.1) is 0 Å². The third kappa shape index (κ3) is 4.60. The fourth-order valence-electron chi connectivity index (χ4n) is 4.66. The highest BCUT2D eigenvalue weighted by Crippen LogP contribution is 2.27. The first-order valence-electron chi connectivity index (χ1n) is 11.8. The van der Waals surface area contributed by atoms with E-state index in [0.717, 1.165) is 57.3 Å². The number of para-hydroxylation sites is 1. The van der Waals surface area contributed by atoms with Crippen molar-refractivity contribution in [2.24, 2.45) is 0 Å². The van der Waals surface area contributed by atoms with Gasteiger partial charge in [-0.25, -0.2) is 13.4 Å². The van der Waals surface area contributed by atoms with Crippen molar-refractivity contribution in [3.8, 4) is 5.75 Å². The molecule has 0 radical (unpaired) electrons. The number of benzene rings is 2. The minimum atomic E-state index is -3.66. The third-order valence-corrected chi connectivity index (χ3v) is 8.38. The number of aromatic nitrogens is 1. The Kier molecular flexibility index (Phi) is 6.43. The number of piperazine rings is 1. The van der Waals surface area contributed by atoms with Crippen molar-refractivity contribution in [3.05, 3.63) is 78.0 Å². The molecule has 3 aromatic rings. The summed E-state index contributed by atoms with van der Waals surface area (Å²) in [4.78, 5) is 9.40. The summed E-state index contributed by atoms with van der Waals surface area (Å²) >= 11 is 0. The second-order valence-electron chi connectivity index (χ2n) is 8.66. The molecule has 2 aliphatic rings. The molecule has 0 bridgehead atoms. The Hall–Kier alpha value is -3.10. The zero-order valence-corrected chi connectivity index (χ0v) is 20.2. The summed E-state index contributed by atoms with van der Waals surface area (Å²) in [5.41, 5.74) is 3.29. The number of anilines is 2. The minimum absolute atomic E-state index is 0.209. The maximum atomic E-state index is 13.2. The van der Waals surface area contributed by atoms with Crippen molar-refractivity contribution in [1.82, 2.24) is 9.88 Å². The number of fused-ring (bicyclic) bond motifs is 1. The molecule has 0 spiro atoms. The first-order chi connectivity index (χ1) is 16.5. The zero-order valence-electron chi connectivity index (χ0n) is 19.4. The number of hydrogen-bond donors (Lipinski definition) is 0. The van der Waals surface area contributed by atoms with Gasteiger partial charge < -0.3 is 9.64 Å². The van der Waals surface area contributed by atoms with Gasteiger partial charge >= 0.3 is 0 Å². The predicted octanol–water partition coefficient (Wildman–Crippen LogP) is 3.55. The monoisotopic (exact) mass is 478 g/mol. The van der Waals surface area contributed by atoms with Crippen LogP contribution in [0.3, 0.4) is 0 Å². The van der Waals surface area contributed by atoms with E-state index in [1.54, 1.807) is 18.2 Å². The van der Waals surface area contributed by atoms with Crippen molar-refractivity contribution < 1.29 is 13.2 Å². The topological polar surface area (TPSA) is 66.0 Å². The van der Waals surface area contributed by atoms with Crippen LogP contribution < -0.4 is 13.9 Å². The summed E-state index contributed by atoms with van der Waals surface area (Å²) in [5.74, 6) is 1.84. The van der Waals surface area contributed by atoms with Crippen LogP contribution in [0.25, 0.3) is 0 Å². The van der Waals surface area contributed by atoms with E-state index in [4.69, 9.17) is 4.74 Å². The van der Waals surface area contributed by atoms with Gasteiger partial charge in [0.05, 0.1) is 12.3 Å². The zero-order chi connectivity index (χ0) is 23.5. The minimum Gasteiger partial charge on any atom is -0.493 e. The van der Waals surface area contributed by atoms with Gasteiger partial charge in [-0.2, -0.15) is 0 Å². The van der Waals surface area contributed by atoms with Gasteiger partial charge in [0.2, 0.25) is 0 Å². The quantitative estimate of drug-likeness (QED) is 0.517. The predicted molar refractivity (Wildman–Crippen MR) is 134 cm³/mol. The Balaban J connectivity index is 1.21.